The molecule has 0 radical (unpaired) electrons. The van der Waals surface area contributed by atoms with Gasteiger partial charge in [0.25, 0.3) is 0 Å². The van der Waals surface area contributed by atoms with Gasteiger partial charge < -0.3 is 19.9 Å². The molecule has 0 aliphatic carbocycles. The molecule has 0 amide bonds. The number of aliphatic hydroxyl groups is 1. The summed E-state index contributed by atoms with van der Waals surface area (Å²) in [7, 11) is 0. The highest BCUT2D eigenvalue weighted by Gasteiger charge is 2.11. The average molecular weight is 251 g/mol. The molecule has 1 atom stereocenters. The minimum Gasteiger partial charge on any atom is -0.490 e. The molecule has 2 rings (SSSR count). The Kier molecular flexibility index (Phi) is 4.70. The van der Waals surface area contributed by atoms with Crippen molar-refractivity contribution in [2.75, 3.05) is 31.7 Å². The smallest absolute Gasteiger partial charge is 0.163 e. The van der Waals surface area contributed by atoms with E-state index in [9.17, 15) is 0 Å². The van der Waals surface area contributed by atoms with Crippen molar-refractivity contribution in [3.63, 3.8) is 0 Å². The molecule has 0 aromatic heterocycles. The van der Waals surface area contributed by atoms with Gasteiger partial charge in [0.2, 0.25) is 0 Å². The van der Waals surface area contributed by atoms with Crippen LogP contribution in [0, 0.1) is 5.92 Å². The van der Waals surface area contributed by atoms with Crippen LogP contribution in [0.15, 0.2) is 18.2 Å². The van der Waals surface area contributed by atoms with Gasteiger partial charge in [0.15, 0.2) is 11.5 Å². The number of benzene rings is 1. The Labute approximate surface area is 108 Å². The van der Waals surface area contributed by atoms with Crippen LogP contribution in [-0.2, 0) is 0 Å². The van der Waals surface area contributed by atoms with E-state index >= 15 is 0 Å². The van der Waals surface area contributed by atoms with Crippen LogP contribution >= 0.6 is 0 Å². The third kappa shape index (κ3) is 3.29. The molecule has 1 aliphatic heterocycles. The highest BCUT2D eigenvalue weighted by Crippen LogP contribution is 2.32. The number of ether oxygens (including phenoxy) is 2. The van der Waals surface area contributed by atoms with Gasteiger partial charge >= 0.3 is 0 Å². The van der Waals surface area contributed by atoms with E-state index in [1.807, 2.05) is 18.2 Å². The summed E-state index contributed by atoms with van der Waals surface area (Å²) in [6.45, 7) is 4.48. The Morgan fingerprint density at radius 1 is 1.28 bits per heavy atom. The molecule has 1 aromatic carbocycles. The van der Waals surface area contributed by atoms with Gasteiger partial charge in [-0.05, 0) is 24.5 Å². The van der Waals surface area contributed by atoms with E-state index in [1.54, 1.807) is 0 Å². The molecule has 1 heterocycles. The van der Waals surface area contributed by atoms with Crippen molar-refractivity contribution in [1.29, 1.82) is 0 Å². The molecule has 0 saturated carbocycles. The Balaban J connectivity index is 1.99. The van der Waals surface area contributed by atoms with Crippen molar-refractivity contribution in [3.8, 4) is 11.5 Å². The molecule has 2 N–H and O–H groups in total. The fourth-order valence-corrected chi connectivity index (χ4v) is 1.87. The number of hydrogen-bond donors (Lipinski definition) is 2. The summed E-state index contributed by atoms with van der Waals surface area (Å²) in [6, 6.07) is 5.88. The lowest BCUT2D eigenvalue weighted by atomic mass is 10.1. The van der Waals surface area contributed by atoms with Gasteiger partial charge in [-0.15, -0.1) is 0 Å². The topological polar surface area (TPSA) is 50.7 Å². The number of anilines is 1. The van der Waals surface area contributed by atoms with E-state index in [-0.39, 0.29) is 6.61 Å². The molecular weight excluding hydrogens is 230 g/mol. The second-order valence-electron chi connectivity index (χ2n) is 4.55. The van der Waals surface area contributed by atoms with Crippen LogP contribution in [0.5, 0.6) is 11.5 Å². The lowest BCUT2D eigenvalue weighted by Gasteiger charge is -2.15. The van der Waals surface area contributed by atoms with Gasteiger partial charge in [-0.3, -0.25) is 0 Å². The summed E-state index contributed by atoms with van der Waals surface area (Å²) in [5, 5.41) is 12.5. The Morgan fingerprint density at radius 3 is 2.78 bits per heavy atom. The maximum Gasteiger partial charge on any atom is 0.163 e. The fraction of sp³-hybridized carbons (Fsp3) is 0.571. The van der Waals surface area contributed by atoms with Crippen molar-refractivity contribution in [1.82, 2.24) is 0 Å². The van der Waals surface area contributed by atoms with Crippen molar-refractivity contribution in [3.05, 3.63) is 18.2 Å². The minimum absolute atomic E-state index is 0.216. The first-order valence-corrected chi connectivity index (χ1v) is 6.58. The van der Waals surface area contributed by atoms with Crippen molar-refractivity contribution in [2.24, 2.45) is 5.92 Å². The largest absolute Gasteiger partial charge is 0.490 e. The second-order valence-corrected chi connectivity index (χ2v) is 4.55. The first-order chi connectivity index (χ1) is 8.83. The van der Waals surface area contributed by atoms with E-state index in [1.165, 1.54) is 0 Å². The van der Waals surface area contributed by atoms with Gasteiger partial charge in [-0.25, -0.2) is 0 Å². The maximum absolute atomic E-state index is 9.15. The standard InChI is InChI=1S/C14H21NO3/c1-2-11(10-16)9-15-12-4-5-13-14(8-12)18-7-3-6-17-13/h4-5,8,11,15-16H,2-3,6-7,9-10H2,1H3. The van der Waals surface area contributed by atoms with Crippen LogP contribution in [0.25, 0.3) is 0 Å². The zero-order chi connectivity index (χ0) is 12.8. The number of aliphatic hydroxyl groups excluding tert-OH is 1. The van der Waals surface area contributed by atoms with E-state index < -0.39 is 0 Å². The summed E-state index contributed by atoms with van der Waals surface area (Å²) < 4.78 is 11.2. The monoisotopic (exact) mass is 251 g/mol. The maximum atomic E-state index is 9.15. The molecule has 0 bridgehead atoms. The number of nitrogens with one attached hydrogen (secondary N) is 1. The van der Waals surface area contributed by atoms with Gasteiger partial charge in [0.1, 0.15) is 0 Å². The van der Waals surface area contributed by atoms with Crippen LogP contribution in [-0.4, -0.2) is 31.5 Å². The molecular formula is C14H21NO3. The molecule has 0 saturated heterocycles. The predicted molar refractivity (Wildman–Crippen MR) is 71.4 cm³/mol. The lowest BCUT2D eigenvalue weighted by molar-refractivity contribution is 0.230. The van der Waals surface area contributed by atoms with Crippen molar-refractivity contribution < 1.29 is 14.6 Å². The van der Waals surface area contributed by atoms with E-state index in [0.717, 1.165) is 36.6 Å². The van der Waals surface area contributed by atoms with Crippen LogP contribution < -0.4 is 14.8 Å². The molecule has 0 spiro atoms. The highest BCUT2D eigenvalue weighted by molar-refractivity contribution is 5.55. The van der Waals surface area contributed by atoms with E-state index in [4.69, 9.17) is 14.6 Å². The summed E-state index contributed by atoms with van der Waals surface area (Å²) in [4.78, 5) is 0. The molecule has 0 fully saturated rings. The van der Waals surface area contributed by atoms with Gasteiger partial charge in [-0.2, -0.15) is 0 Å². The zero-order valence-corrected chi connectivity index (χ0v) is 10.8. The number of rotatable bonds is 5. The zero-order valence-electron chi connectivity index (χ0n) is 10.8. The summed E-state index contributed by atoms with van der Waals surface area (Å²) in [5.74, 6) is 1.91. The van der Waals surface area contributed by atoms with Crippen molar-refractivity contribution >= 4 is 5.69 Å². The fourth-order valence-electron chi connectivity index (χ4n) is 1.87. The highest BCUT2D eigenvalue weighted by atomic mass is 16.5. The number of hydrogen-bond acceptors (Lipinski definition) is 4. The molecule has 18 heavy (non-hydrogen) atoms. The van der Waals surface area contributed by atoms with E-state index in [2.05, 4.69) is 12.2 Å². The molecule has 1 aromatic rings. The van der Waals surface area contributed by atoms with Crippen LogP contribution in [0.2, 0.25) is 0 Å². The SMILES string of the molecule is CCC(CO)CNc1ccc2c(c1)OCCCO2. The van der Waals surface area contributed by atoms with Gasteiger partial charge in [0.05, 0.1) is 13.2 Å². The van der Waals surface area contributed by atoms with Crippen LogP contribution in [0.3, 0.4) is 0 Å². The average Bonchev–Trinajstić information content (AvgIpc) is 2.64. The third-order valence-corrected chi connectivity index (χ3v) is 3.18. The first kappa shape index (κ1) is 13.0. The summed E-state index contributed by atoms with van der Waals surface area (Å²) >= 11 is 0. The van der Waals surface area contributed by atoms with Crippen LogP contribution in [0.1, 0.15) is 19.8 Å². The predicted octanol–water partition coefficient (Wildman–Crippen LogP) is 2.28. The van der Waals surface area contributed by atoms with Gasteiger partial charge in [-0.1, -0.05) is 6.92 Å². The van der Waals surface area contributed by atoms with Crippen molar-refractivity contribution in [2.45, 2.75) is 19.8 Å². The van der Waals surface area contributed by atoms with E-state index in [0.29, 0.717) is 19.1 Å². The van der Waals surface area contributed by atoms with Gasteiger partial charge in [0, 0.05) is 31.3 Å². The summed E-state index contributed by atoms with van der Waals surface area (Å²) in [5.41, 5.74) is 1.01. The molecule has 100 valence electrons. The first-order valence-electron chi connectivity index (χ1n) is 6.58. The molecule has 4 heteroatoms. The Bertz CT molecular complexity index is 377. The number of fused-ring (bicyclic) bond motifs is 1. The lowest BCUT2D eigenvalue weighted by Crippen LogP contribution is -2.16. The second kappa shape index (κ2) is 6.50. The Hall–Kier alpha value is -1.42. The molecule has 4 nitrogen and oxygen atoms in total. The summed E-state index contributed by atoms with van der Waals surface area (Å²) in [6.07, 6.45) is 1.88. The Morgan fingerprint density at radius 2 is 2.06 bits per heavy atom. The third-order valence-electron chi connectivity index (χ3n) is 3.18. The molecule has 1 unspecified atom stereocenters. The van der Waals surface area contributed by atoms with Crippen LogP contribution in [0.4, 0.5) is 5.69 Å². The molecule has 1 aliphatic rings. The quantitative estimate of drug-likeness (QED) is 0.843. The minimum atomic E-state index is 0.216. The normalized spacial score (nSPS) is 15.9.